The number of likely N-dealkylation sites (N-methyl/N-ethyl adjacent to an activating group) is 1. The van der Waals surface area contributed by atoms with Crippen LogP contribution in [-0.4, -0.2) is 42.9 Å². The minimum absolute atomic E-state index is 0.284. The van der Waals surface area contributed by atoms with Gasteiger partial charge >= 0.3 is 6.03 Å². The molecule has 0 bridgehead atoms. The Morgan fingerprint density at radius 2 is 1.54 bits per heavy atom. The molecule has 0 fully saturated rings. The lowest BCUT2D eigenvalue weighted by atomic mass is 10.0. The van der Waals surface area contributed by atoms with Crippen molar-refractivity contribution in [2.45, 2.75) is 0 Å². The van der Waals surface area contributed by atoms with Gasteiger partial charge < -0.3 is 15.4 Å². The molecule has 28 heavy (non-hydrogen) atoms. The summed E-state index contributed by atoms with van der Waals surface area (Å²) in [5.41, 5.74) is 11.8. The number of hydrogen-bond acceptors (Lipinski definition) is 5. The van der Waals surface area contributed by atoms with Crippen molar-refractivity contribution < 1.29 is 19.1 Å². The molecule has 2 aromatic carbocycles. The number of hydrogen-bond donors (Lipinski definition) is 3. The van der Waals surface area contributed by atoms with Crippen LogP contribution in [0, 0.1) is 11.3 Å². The van der Waals surface area contributed by atoms with E-state index in [1.54, 1.807) is 24.3 Å². The van der Waals surface area contributed by atoms with Crippen LogP contribution in [0.1, 0.15) is 5.56 Å². The monoisotopic (exact) mass is 381 g/mol. The van der Waals surface area contributed by atoms with E-state index in [2.05, 4.69) is 16.9 Å². The first-order valence-corrected chi connectivity index (χ1v) is 8.20. The summed E-state index contributed by atoms with van der Waals surface area (Å²) in [6, 6.07) is 15.6. The second kappa shape index (κ2) is 9.59. The van der Waals surface area contributed by atoms with Crippen LogP contribution in [-0.2, 0) is 9.59 Å². The van der Waals surface area contributed by atoms with Crippen LogP contribution in [0.25, 0.3) is 11.1 Å². The van der Waals surface area contributed by atoms with E-state index in [9.17, 15) is 14.4 Å². The SMILES string of the molecule is CN(CC(=O)NNC(=O)COc1ccc(-c2ccc(C#N)cc2)cc1)C(N)=O. The first-order chi connectivity index (χ1) is 13.4. The van der Waals surface area contributed by atoms with Gasteiger partial charge in [-0.1, -0.05) is 24.3 Å². The summed E-state index contributed by atoms with van der Waals surface area (Å²) in [5, 5.41) is 8.83. The molecule has 0 aliphatic rings. The van der Waals surface area contributed by atoms with Crippen molar-refractivity contribution in [1.29, 1.82) is 5.26 Å². The Bertz CT molecular complexity index is 888. The summed E-state index contributed by atoms with van der Waals surface area (Å²) in [4.78, 5) is 35.0. The van der Waals surface area contributed by atoms with Crippen molar-refractivity contribution >= 4 is 17.8 Å². The number of hydrazine groups is 1. The Kier molecular flexibility index (Phi) is 6.93. The molecule has 0 saturated carbocycles. The molecule has 0 aliphatic carbocycles. The predicted molar refractivity (Wildman–Crippen MR) is 101 cm³/mol. The van der Waals surface area contributed by atoms with Gasteiger partial charge in [0.15, 0.2) is 6.61 Å². The summed E-state index contributed by atoms with van der Waals surface area (Å²) < 4.78 is 5.36. The molecule has 9 heteroatoms. The fourth-order valence-corrected chi connectivity index (χ4v) is 2.14. The zero-order valence-corrected chi connectivity index (χ0v) is 15.1. The molecule has 144 valence electrons. The maximum Gasteiger partial charge on any atom is 0.314 e. The number of ether oxygens (including phenoxy) is 1. The Labute approximate surface area is 161 Å². The summed E-state index contributed by atoms with van der Waals surface area (Å²) in [5.74, 6) is -0.681. The normalized spacial score (nSPS) is 9.71. The molecule has 0 aromatic heterocycles. The largest absolute Gasteiger partial charge is 0.484 e. The molecule has 0 saturated heterocycles. The molecule has 2 aromatic rings. The molecule has 0 unspecified atom stereocenters. The maximum atomic E-state index is 11.7. The number of carbonyl (C=O) groups excluding carboxylic acids is 3. The Hall–Kier alpha value is -4.06. The highest BCUT2D eigenvalue weighted by Gasteiger charge is 2.10. The van der Waals surface area contributed by atoms with E-state index < -0.39 is 17.8 Å². The standard InChI is InChI=1S/C19H19N5O4/c1-24(19(21)27)11-17(25)22-23-18(26)12-28-16-8-6-15(7-9-16)14-4-2-13(10-20)3-5-14/h2-9H,11-12H2,1H3,(H2,21,27)(H,22,25)(H,23,26). The van der Waals surface area contributed by atoms with Gasteiger partial charge in [0.25, 0.3) is 11.8 Å². The lowest BCUT2D eigenvalue weighted by Crippen LogP contribution is -2.48. The second-order valence-electron chi connectivity index (χ2n) is 5.79. The van der Waals surface area contributed by atoms with E-state index in [0.29, 0.717) is 11.3 Å². The predicted octanol–water partition coefficient (Wildman–Crippen LogP) is 0.762. The van der Waals surface area contributed by atoms with Crippen LogP contribution in [0.15, 0.2) is 48.5 Å². The second-order valence-corrected chi connectivity index (χ2v) is 5.79. The molecular formula is C19H19N5O4. The van der Waals surface area contributed by atoms with E-state index in [1.807, 2.05) is 24.3 Å². The summed E-state index contributed by atoms with van der Waals surface area (Å²) in [6.07, 6.45) is 0. The minimum atomic E-state index is -0.755. The number of urea groups is 1. The molecule has 0 aliphatic heterocycles. The Morgan fingerprint density at radius 3 is 2.07 bits per heavy atom. The molecule has 2 rings (SSSR count). The van der Waals surface area contributed by atoms with Crippen LogP contribution in [0.3, 0.4) is 0 Å². The van der Waals surface area contributed by atoms with Gasteiger partial charge in [-0.05, 0) is 35.4 Å². The van der Waals surface area contributed by atoms with Gasteiger partial charge in [0.2, 0.25) is 0 Å². The summed E-state index contributed by atoms with van der Waals surface area (Å²) in [7, 11) is 1.36. The Balaban J connectivity index is 1.79. The molecule has 0 spiro atoms. The van der Waals surface area contributed by atoms with E-state index in [4.69, 9.17) is 15.7 Å². The van der Waals surface area contributed by atoms with Crippen molar-refractivity contribution in [3.8, 4) is 22.9 Å². The third-order valence-electron chi connectivity index (χ3n) is 3.67. The van der Waals surface area contributed by atoms with Crippen molar-refractivity contribution in [2.24, 2.45) is 5.73 Å². The minimum Gasteiger partial charge on any atom is -0.484 e. The highest BCUT2D eigenvalue weighted by atomic mass is 16.5. The van der Waals surface area contributed by atoms with E-state index in [-0.39, 0.29) is 13.2 Å². The lowest BCUT2D eigenvalue weighted by Gasteiger charge is -2.14. The number of nitrogens with zero attached hydrogens (tertiary/aromatic N) is 2. The van der Waals surface area contributed by atoms with Gasteiger partial charge in [-0.15, -0.1) is 0 Å². The first kappa shape index (κ1) is 20.3. The highest BCUT2D eigenvalue weighted by Crippen LogP contribution is 2.22. The Morgan fingerprint density at radius 1 is 1.00 bits per heavy atom. The summed E-state index contributed by atoms with van der Waals surface area (Å²) >= 11 is 0. The van der Waals surface area contributed by atoms with E-state index >= 15 is 0 Å². The number of amides is 4. The quantitative estimate of drug-likeness (QED) is 0.634. The van der Waals surface area contributed by atoms with Gasteiger partial charge in [0.1, 0.15) is 12.3 Å². The van der Waals surface area contributed by atoms with Crippen LogP contribution >= 0.6 is 0 Å². The number of carbonyl (C=O) groups is 3. The number of rotatable bonds is 6. The van der Waals surface area contributed by atoms with E-state index in [1.165, 1.54) is 7.05 Å². The third-order valence-corrected chi connectivity index (χ3v) is 3.67. The average molecular weight is 381 g/mol. The van der Waals surface area contributed by atoms with Gasteiger partial charge in [-0.2, -0.15) is 5.26 Å². The number of nitrogens with two attached hydrogens (primary N) is 1. The average Bonchev–Trinajstić information content (AvgIpc) is 2.71. The van der Waals surface area contributed by atoms with E-state index in [0.717, 1.165) is 16.0 Å². The van der Waals surface area contributed by atoms with Crippen molar-refractivity contribution in [3.63, 3.8) is 0 Å². The molecular weight excluding hydrogens is 362 g/mol. The highest BCUT2D eigenvalue weighted by molar-refractivity contribution is 5.86. The number of primary amides is 1. The number of nitrogens with one attached hydrogen (secondary N) is 2. The zero-order valence-electron chi connectivity index (χ0n) is 15.1. The van der Waals surface area contributed by atoms with Gasteiger partial charge in [-0.3, -0.25) is 20.4 Å². The fraction of sp³-hybridized carbons (Fsp3) is 0.158. The van der Waals surface area contributed by atoms with Gasteiger partial charge in [0.05, 0.1) is 11.6 Å². The van der Waals surface area contributed by atoms with Crippen LogP contribution in [0.5, 0.6) is 5.75 Å². The zero-order chi connectivity index (χ0) is 20.5. The summed E-state index contributed by atoms with van der Waals surface area (Å²) in [6.45, 7) is -0.588. The van der Waals surface area contributed by atoms with Crippen LogP contribution < -0.4 is 21.3 Å². The topological polar surface area (TPSA) is 138 Å². The molecule has 4 amide bonds. The fourth-order valence-electron chi connectivity index (χ4n) is 2.14. The maximum absolute atomic E-state index is 11.7. The first-order valence-electron chi connectivity index (χ1n) is 8.20. The van der Waals surface area contributed by atoms with Gasteiger partial charge in [-0.25, -0.2) is 4.79 Å². The molecule has 0 radical (unpaired) electrons. The molecule has 4 N–H and O–H groups in total. The van der Waals surface area contributed by atoms with Gasteiger partial charge in [0, 0.05) is 7.05 Å². The molecule has 0 heterocycles. The number of benzene rings is 2. The third kappa shape index (κ3) is 6.03. The van der Waals surface area contributed by atoms with Crippen LogP contribution in [0.4, 0.5) is 4.79 Å². The molecule has 0 atom stereocenters. The smallest absolute Gasteiger partial charge is 0.314 e. The van der Waals surface area contributed by atoms with Crippen molar-refractivity contribution in [2.75, 3.05) is 20.2 Å². The molecule has 9 nitrogen and oxygen atoms in total. The van der Waals surface area contributed by atoms with Crippen molar-refractivity contribution in [1.82, 2.24) is 15.8 Å². The lowest BCUT2D eigenvalue weighted by molar-refractivity contribution is -0.130. The van der Waals surface area contributed by atoms with Crippen molar-refractivity contribution in [3.05, 3.63) is 54.1 Å². The van der Waals surface area contributed by atoms with Crippen LogP contribution in [0.2, 0.25) is 0 Å². The number of nitriles is 1.